The normalized spacial score (nSPS) is 8.93. The van der Waals surface area contributed by atoms with Crippen molar-refractivity contribution in [3.8, 4) is 0 Å². The quantitative estimate of drug-likeness (QED) is 0.578. The molecule has 76 valence electrons. The third kappa shape index (κ3) is 6.65. The molecular formula is C11H18ClMgN. The Morgan fingerprint density at radius 3 is 2.57 bits per heavy atom. The highest BCUT2D eigenvalue weighted by molar-refractivity contribution is 6.33. The maximum Gasteiger partial charge on any atom is 0.360 e. The van der Waals surface area contributed by atoms with E-state index < -0.39 is 0 Å². The maximum atomic E-state index is 3.46. The fraction of sp³-hybridized carbons (Fsp3) is 0.455. The third-order valence-electron chi connectivity index (χ3n) is 2.13. The summed E-state index contributed by atoms with van der Waals surface area (Å²) in [5.74, 6) is 0. The lowest BCUT2D eigenvalue weighted by molar-refractivity contribution is 0.674. The summed E-state index contributed by atoms with van der Waals surface area (Å²) < 4.78 is 1.47. The van der Waals surface area contributed by atoms with E-state index in [1.165, 1.54) is 23.1 Å². The first kappa shape index (κ1) is 14.2. The summed E-state index contributed by atoms with van der Waals surface area (Å²) in [7, 11) is 0. The first-order valence-corrected chi connectivity index (χ1v) is 7.59. The van der Waals surface area contributed by atoms with Crippen LogP contribution in [0.1, 0.15) is 12.0 Å². The lowest BCUT2D eigenvalue weighted by atomic mass is 10.2. The number of hydrogen-bond donors (Lipinski definition) is 1. The van der Waals surface area contributed by atoms with Gasteiger partial charge in [0.15, 0.2) is 0 Å². The van der Waals surface area contributed by atoms with Crippen molar-refractivity contribution in [1.29, 1.82) is 0 Å². The van der Waals surface area contributed by atoms with Gasteiger partial charge in [0.2, 0.25) is 0 Å². The van der Waals surface area contributed by atoms with Gasteiger partial charge in [-0.25, -0.2) is 0 Å². The smallest absolute Gasteiger partial charge is 0.313 e. The minimum Gasteiger partial charge on any atom is -0.313 e. The zero-order valence-electron chi connectivity index (χ0n) is 8.83. The Kier molecular flexibility index (Phi) is 9.94. The zero-order valence-corrected chi connectivity index (χ0v) is 11.1. The Bertz CT molecular complexity index is 216. The van der Waals surface area contributed by atoms with E-state index in [1.54, 1.807) is 0 Å². The molecule has 0 aliphatic rings. The predicted octanol–water partition coefficient (Wildman–Crippen LogP) is 2.76. The first-order valence-electron chi connectivity index (χ1n) is 5.18. The molecule has 0 spiro atoms. The molecule has 0 saturated heterocycles. The molecule has 0 atom stereocenters. The predicted molar refractivity (Wildman–Crippen MR) is 66.4 cm³/mol. The molecule has 0 aliphatic heterocycles. The largest absolute Gasteiger partial charge is 0.360 e. The number of nitrogens with one attached hydrogen (secondary N) is 1. The van der Waals surface area contributed by atoms with Crippen LogP contribution in [0.4, 0.5) is 0 Å². The van der Waals surface area contributed by atoms with E-state index in [2.05, 4.69) is 40.7 Å². The summed E-state index contributed by atoms with van der Waals surface area (Å²) in [5, 5.41) is 5.83. The van der Waals surface area contributed by atoms with Gasteiger partial charge in [-0.15, -0.1) is 17.0 Å². The molecule has 0 heterocycles. The molecule has 0 radical (unpaired) electrons. The zero-order chi connectivity index (χ0) is 9.36. The fourth-order valence-corrected chi connectivity index (χ4v) is 2.08. The van der Waals surface area contributed by atoms with Gasteiger partial charge in [-0.3, -0.25) is 0 Å². The van der Waals surface area contributed by atoms with Gasteiger partial charge in [0.05, 0.1) is 0 Å². The van der Waals surface area contributed by atoms with Gasteiger partial charge >= 0.3 is 20.4 Å². The molecule has 1 aromatic carbocycles. The Morgan fingerprint density at radius 1 is 1.21 bits per heavy atom. The van der Waals surface area contributed by atoms with Crippen LogP contribution in [-0.2, 0) is 6.54 Å². The molecule has 1 aromatic rings. The van der Waals surface area contributed by atoms with Crippen LogP contribution in [0, 0.1) is 0 Å². The standard InChI is InChI=1S/C10H14N.CH3.ClH.Mg/c1-2-8-11-9-10-6-4-3-5-7-10;;;/h3-7,11H,1-2,8-9H2;1H3;1H;. The maximum absolute atomic E-state index is 3.46. The van der Waals surface area contributed by atoms with E-state index in [-0.39, 0.29) is 32.8 Å². The van der Waals surface area contributed by atoms with Crippen molar-refractivity contribution in [2.75, 3.05) is 6.54 Å². The minimum absolute atomic E-state index is 0. The Hall–Kier alpha value is 0.236. The molecule has 1 nitrogen and oxygen atoms in total. The topological polar surface area (TPSA) is 12.0 Å². The second kappa shape index (κ2) is 9.78. The monoisotopic (exact) mass is 223 g/mol. The number of hydrogen-bond acceptors (Lipinski definition) is 1. The van der Waals surface area contributed by atoms with E-state index in [1.807, 2.05) is 0 Å². The molecule has 0 aromatic heterocycles. The number of rotatable bonds is 6. The summed E-state index contributed by atoms with van der Waals surface area (Å²) in [6.45, 7) is 2.20. The molecule has 0 aliphatic carbocycles. The van der Waals surface area contributed by atoms with E-state index >= 15 is 0 Å². The van der Waals surface area contributed by atoms with E-state index in [0.717, 1.165) is 6.54 Å². The average molecular weight is 224 g/mol. The molecule has 0 fully saturated rings. The van der Waals surface area contributed by atoms with Crippen LogP contribution in [0.25, 0.3) is 0 Å². The van der Waals surface area contributed by atoms with Gasteiger partial charge in [-0.1, -0.05) is 36.8 Å². The van der Waals surface area contributed by atoms with E-state index in [0.29, 0.717) is 0 Å². The van der Waals surface area contributed by atoms with Crippen molar-refractivity contribution in [3.63, 3.8) is 0 Å². The van der Waals surface area contributed by atoms with Crippen LogP contribution in [-0.4, -0.2) is 26.9 Å². The van der Waals surface area contributed by atoms with E-state index in [4.69, 9.17) is 0 Å². The molecular weight excluding hydrogens is 206 g/mol. The second-order valence-electron chi connectivity index (χ2n) is 3.37. The third-order valence-corrected chi connectivity index (χ3v) is 3.34. The van der Waals surface area contributed by atoms with Crippen molar-refractivity contribution in [3.05, 3.63) is 35.9 Å². The van der Waals surface area contributed by atoms with Gasteiger partial charge in [0.1, 0.15) is 0 Å². The lowest BCUT2D eigenvalue weighted by Gasteiger charge is -2.03. The highest BCUT2D eigenvalue weighted by Crippen LogP contribution is 1.97. The number of halogens is 1. The van der Waals surface area contributed by atoms with Gasteiger partial charge in [0.25, 0.3) is 0 Å². The van der Waals surface area contributed by atoms with Crippen LogP contribution >= 0.6 is 12.4 Å². The molecule has 0 saturated carbocycles. The van der Waals surface area contributed by atoms with Crippen LogP contribution in [0.5, 0.6) is 0 Å². The molecule has 0 unspecified atom stereocenters. The summed E-state index contributed by atoms with van der Waals surface area (Å²) in [5.41, 5.74) is 1.39. The van der Waals surface area contributed by atoms with Gasteiger partial charge < -0.3 is 5.32 Å². The van der Waals surface area contributed by atoms with Crippen LogP contribution < -0.4 is 5.32 Å². The summed E-state index contributed by atoms with van der Waals surface area (Å²) in [4.78, 5) is 0. The highest BCUT2D eigenvalue weighted by Gasteiger charge is 1.90. The molecule has 1 rings (SSSR count). The molecule has 3 heteroatoms. The Morgan fingerprint density at radius 2 is 1.93 bits per heavy atom. The number of benzene rings is 1. The average Bonchev–Trinajstić information content (AvgIpc) is 2.19. The van der Waals surface area contributed by atoms with Crippen molar-refractivity contribution in [2.24, 2.45) is 0 Å². The van der Waals surface area contributed by atoms with Gasteiger partial charge in [0, 0.05) is 6.54 Å². The van der Waals surface area contributed by atoms with Gasteiger partial charge in [-0.05, 0) is 12.1 Å². The van der Waals surface area contributed by atoms with E-state index in [9.17, 15) is 0 Å². The molecule has 14 heavy (non-hydrogen) atoms. The van der Waals surface area contributed by atoms with Crippen molar-refractivity contribution in [1.82, 2.24) is 5.32 Å². The Balaban J connectivity index is 0.00000169. The SMILES string of the molecule is Cl.[CH3][Mg][CH2]CCNCc1ccccc1. The van der Waals surface area contributed by atoms with Gasteiger partial charge in [-0.2, -0.15) is 5.05 Å². The summed E-state index contributed by atoms with van der Waals surface area (Å²) in [6.07, 6.45) is 1.36. The summed E-state index contributed by atoms with van der Waals surface area (Å²) in [6, 6.07) is 10.6. The summed E-state index contributed by atoms with van der Waals surface area (Å²) >= 11 is 0.283. The van der Waals surface area contributed by atoms with Crippen molar-refractivity contribution in [2.45, 2.75) is 22.6 Å². The molecule has 0 bridgehead atoms. The Labute approximate surface area is 103 Å². The lowest BCUT2D eigenvalue weighted by Crippen LogP contribution is -2.14. The van der Waals surface area contributed by atoms with Crippen molar-refractivity contribution < 1.29 is 0 Å². The van der Waals surface area contributed by atoms with Crippen LogP contribution in [0.2, 0.25) is 9.60 Å². The first-order chi connectivity index (χ1) is 6.43. The van der Waals surface area contributed by atoms with Crippen molar-refractivity contribution >= 4 is 32.8 Å². The van der Waals surface area contributed by atoms with Crippen LogP contribution in [0.3, 0.4) is 0 Å². The highest BCUT2D eigenvalue weighted by atomic mass is 35.5. The van der Waals surface area contributed by atoms with Crippen LogP contribution in [0.15, 0.2) is 30.3 Å². The fourth-order valence-electron chi connectivity index (χ4n) is 1.33. The molecule has 0 amide bonds. The molecule has 1 N–H and O–H groups in total. The second-order valence-corrected chi connectivity index (χ2v) is 5.08. The minimum atomic E-state index is 0.